The van der Waals surface area contributed by atoms with Crippen LogP contribution in [-0.4, -0.2) is 34.3 Å². The fourth-order valence-corrected chi connectivity index (χ4v) is 4.25. The largest absolute Gasteiger partial charge is 0.393 e. The molecule has 1 fully saturated rings. The molecule has 1 N–H and O–H groups in total. The second-order valence-corrected chi connectivity index (χ2v) is 8.87. The molecule has 0 aliphatic carbocycles. The lowest BCUT2D eigenvalue weighted by atomic mass is 9.97. The van der Waals surface area contributed by atoms with E-state index in [1.165, 1.54) is 11.1 Å². The van der Waals surface area contributed by atoms with Crippen molar-refractivity contribution in [3.05, 3.63) is 65.9 Å². The number of piperidine rings is 1. The standard InChI is InChI=1S/C27H33N3O/c1-4-7-20-8-5-10-22(16-20)27-26(23-11-6-9-21(17-23)19(2)3)28-18-25(29-27)30-14-12-24(31)13-15-30/h5-6,8-11,16-19,24,31H,4,7,12-15H2,1-3H3. The third-order valence-corrected chi connectivity index (χ3v) is 6.11. The van der Waals surface area contributed by atoms with Crippen molar-refractivity contribution in [2.24, 2.45) is 0 Å². The van der Waals surface area contributed by atoms with Gasteiger partial charge in [0.15, 0.2) is 0 Å². The van der Waals surface area contributed by atoms with E-state index in [9.17, 15) is 5.11 Å². The highest BCUT2D eigenvalue weighted by molar-refractivity contribution is 5.79. The zero-order chi connectivity index (χ0) is 21.8. The Labute approximate surface area is 186 Å². The van der Waals surface area contributed by atoms with E-state index in [1.54, 1.807) is 0 Å². The molecule has 2 aromatic carbocycles. The van der Waals surface area contributed by atoms with E-state index in [1.807, 2.05) is 6.20 Å². The van der Waals surface area contributed by atoms with E-state index in [-0.39, 0.29) is 6.10 Å². The molecule has 0 atom stereocenters. The number of aromatic nitrogens is 2. The number of aliphatic hydroxyl groups is 1. The summed E-state index contributed by atoms with van der Waals surface area (Å²) >= 11 is 0. The van der Waals surface area contributed by atoms with Crippen LogP contribution in [0, 0.1) is 0 Å². The number of aliphatic hydroxyl groups excluding tert-OH is 1. The monoisotopic (exact) mass is 415 g/mol. The van der Waals surface area contributed by atoms with Crippen molar-refractivity contribution in [1.29, 1.82) is 0 Å². The zero-order valence-corrected chi connectivity index (χ0v) is 18.9. The van der Waals surface area contributed by atoms with E-state index in [4.69, 9.17) is 9.97 Å². The van der Waals surface area contributed by atoms with Gasteiger partial charge in [0.05, 0.1) is 23.7 Å². The van der Waals surface area contributed by atoms with Crippen LogP contribution in [0.3, 0.4) is 0 Å². The van der Waals surface area contributed by atoms with Gasteiger partial charge in [-0.15, -0.1) is 0 Å². The summed E-state index contributed by atoms with van der Waals surface area (Å²) in [6.07, 6.45) is 5.43. The molecule has 0 spiro atoms. The average Bonchev–Trinajstić information content (AvgIpc) is 2.80. The van der Waals surface area contributed by atoms with Crippen LogP contribution in [-0.2, 0) is 6.42 Å². The van der Waals surface area contributed by atoms with Crippen LogP contribution in [0.5, 0.6) is 0 Å². The van der Waals surface area contributed by atoms with Gasteiger partial charge in [0.2, 0.25) is 0 Å². The molecule has 2 heterocycles. The predicted molar refractivity (Wildman–Crippen MR) is 128 cm³/mol. The van der Waals surface area contributed by atoms with Crippen LogP contribution in [0.4, 0.5) is 5.82 Å². The summed E-state index contributed by atoms with van der Waals surface area (Å²) in [7, 11) is 0. The second-order valence-electron chi connectivity index (χ2n) is 8.87. The number of hydrogen-bond donors (Lipinski definition) is 1. The van der Waals surface area contributed by atoms with Crippen molar-refractivity contribution in [3.63, 3.8) is 0 Å². The Morgan fingerprint density at radius 2 is 1.71 bits per heavy atom. The molecule has 0 bridgehead atoms. The fourth-order valence-electron chi connectivity index (χ4n) is 4.25. The highest BCUT2D eigenvalue weighted by Gasteiger charge is 2.21. The summed E-state index contributed by atoms with van der Waals surface area (Å²) in [5, 5.41) is 9.89. The van der Waals surface area contributed by atoms with Gasteiger partial charge in [-0.25, -0.2) is 4.98 Å². The molecular formula is C27H33N3O. The van der Waals surface area contributed by atoms with E-state index in [0.717, 1.165) is 67.1 Å². The molecule has 0 unspecified atom stereocenters. The van der Waals surface area contributed by atoms with Crippen LogP contribution in [0.1, 0.15) is 57.1 Å². The van der Waals surface area contributed by atoms with Gasteiger partial charge in [0, 0.05) is 24.2 Å². The Kier molecular flexibility index (Phi) is 6.67. The summed E-state index contributed by atoms with van der Waals surface area (Å²) in [4.78, 5) is 12.3. The highest BCUT2D eigenvalue weighted by Crippen LogP contribution is 2.33. The molecule has 1 aliphatic rings. The first kappa shape index (κ1) is 21.5. The molecule has 1 aromatic heterocycles. The van der Waals surface area contributed by atoms with Gasteiger partial charge in [-0.05, 0) is 48.4 Å². The first-order valence-corrected chi connectivity index (χ1v) is 11.5. The minimum atomic E-state index is -0.201. The average molecular weight is 416 g/mol. The maximum Gasteiger partial charge on any atom is 0.147 e. The highest BCUT2D eigenvalue weighted by atomic mass is 16.3. The van der Waals surface area contributed by atoms with Crippen molar-refractivity contribution in [2.45, 2.75) is 58.5 Å². The number of nitrogens with zero attached hydrogens (tertiary/aromatic N) is 3. The lowest BCUT2D eigenvalue weighted by Gasteiger charge is -2.30. The maximum absolute atomic E-state index is 9.89. The van der Waals surface area contributed by atoms with Crippen LogP contribution in [0.2, 0.25) is 0 Å². The topological polar surface area (TPSA) is 49.2 Å². The smallest absolute Gasteiger partial charge is 0.147 e. The molecule has 0 amide bonds. The fraction of sp³-hybridized carbons (Fsp3) is 0.407. The molecule has 162 valence electrons. The molecule has 0 radical (unpaired) electrons. The molecule has 4 heteroatoms. The van der Waals surface area contributed by atoms with Gasteiger partial charge in [-0.1, -0.05) is 63.6 Å². The first-order valence-electron chi connectivity index (χ1n) is 11.5. The third-order valence-electron chi connectivity index (χ3n) is 6.11. The van der Waals surface area contributed by atoms with Gasteiger partial charge >= 0.3 is 0 Å². The van der Waals surface area contributed by atoms with Crippen LogP contribution < -0.4 is 4.90 Å². The van der Waals surface area contributed by atoms with Crippen LogP contribution in [0.15, 0.2) is 54.7 Å². The Morgan fingerprint density at radius 3 is 2.42 bits per heavy atom. The second kappa shape index (κ2) is 9.61. The van der Waals surface area contributed by atoms with Gasteiger partial charge in [-0.2, -0.15) is 0 Å². The van der Waals surface area contributed by atoms with Crippen molar-refractivity contribution >= 4 is 5.82 Å². The summed E-state index contributed by atoms with van der Waals surface area (Å²) in [6.45, 7) is 8.27. The number of hydrogen-bond acceptors (Lipinski definition) is 4. The lowest BCUT2D eigenvalue weighted by molar-refractivity contribution is 0.145. The third kappa shape index (κ3) is 4.96. The van der Waals surface area contributed by atoms with Crippen molar-refractivity contribution in [3.8, 4) is 22.5 Å². The minimum absolute atomic E-state index is 0.201. The van der Waals surface area contributed by atoms with E-state index >= 15 is 0 Å². The van der Waals surface area contributed by atoms with Gasteiger partial charge in [0.1, 0.15) is 5.82 Å². The minimum Gasteiger partial charge on any atom is -0.393 e. The quantitative estimate of drug-likeness (QED) is 0.549. The van der Waals surface area contributed by atoms with Crippen molar-refractivity contribution in [1.82, 2.24) is 9.97 Å². The predicted octanol–water partition coefficient (Wildman–Crippen LogP) is 5.85. The van der Waals surface area contributed by atoms with E-state index in [2.05, 4.69) is 74.2 Å². The van der Waals surface area contributed by atoms with E-state index in [0.29, 0.717) is 5.92 Å². The SMILES string of the molecule is CCCc1cccc(-c2nc(N3CCC(O)CC3)cnc2-c2cccc(C(C)C)c2)c1. The van der Waals surface area contributed by atoms with Gasteiger partial charge in [-0.3, -0.25) is 4.98 Å². The summed E-state index contributed by atoms with van der Waals surface area (Å²) in [6, 6.07) is 17.4. The molecule has 1 aliphatic heterocycles. The molecule has 1 saturated heterocycles. The number of rotatable bonds is 6. The number of aryl methyl sites for hydroxylation is 1. The Hall–Kier alpha value is -2.72. The Balaban J connectivity index is 1.81. The molecule has 0 saturated carbocycles. The molecule has 4 nitrogen and oxygen atoms in total. The molecule has 4 rings (SSSR count). The molecular weight excluding hydrogens is 382 g/mol. The van der Waals surface area contributed by atoms with Crippen LogP contribution >= 0.6 is 0 Å². The Morgan fingerprint density at radius 1 is 1.00 bits per heavy atom. The number of anilines is 1. The Bertz CT molecular complexity index is 1020. The van der Waals surface area contributed by atoms with Gasteiger partial charge < -0.3 is 10.0 Å². The summed E-state index contributed by atoms with van der Waals surface area (Å²) in [5.41, 5.74) is 6.71. The number of benzene rings is 2. The molecule has 3 aromatic rings. The summed E-state index contributed by atoms with van der Waals surface area (Å²) in [5.74, 6) is 1.36. The lowest BCUT2D eigenvalue weighted by Crippen LogP contribution is -2.36. The summed E-state index contributed by atoms with van der Waals surface area (Å²) < 4.78 is 0. The van der Waals surface area contributed by atoms with Crippen LogP contribution in [0.25, 0.3) is 22.5 Å². The zero-order valence-electron chi connectivity index (χ0n) is 18.9. The maximum atomic E-state index is 9.89. The van der Waals surface area contributed by atoms with Crippen molar-refractivity contribution in [2.75, 3.05) is 18.0 Å². The first-order chi connectivity index (χ1) is 15.0. The van der Waals surface area contributed by atoms with Crippen molar-refractivity contribution < 1.29 is 5.11 Å². The molecule has 31 heavy (non-hydrogen) atoms. The van der Waals surface area contributed by atoms with E-state index < -0.39 is 0 Å². The normalized spacial score (nSPS) is 14.9. The van der Waals surface area contributed by atoms with Gasteiger partial charge in [0.25, 0.3) is 0 Å².